The summed E-state index contributed by atoms with van der Waals surface area (Å²) in [5.74, 6) is 6.59. The average molecular weight is 227 g/mol. The van der Waals surface area contributed by atoms with Gasteiger partial charge < -0.3 is 4.74 Å². The van der Waals surface area contributed by atoms with Gasteiger partial charge in [-0.15, -0.1) is 0 Å². The Labute approximate surface area is 103 Å². The number of hydrogen-bond donors (Lipinski definition) is 0. The fourth-order valence-corrected chi connectivity index (χ4v) is 1.53. The Morgan fingerprint density at radius 2 is 1.88 bits per heavy atom. The van der Waals surface area contributed by atoms with E-state index in [1.54, 1.807) is 0 Å². The monoisotopic (exact) mass is 227 g/mol. The van der Waals surface area contributed by atoms with E-state index in [0.29, 0.717) is 12.5 Å². The molecular formula is C15H17NO. The molecule has 0 aliphatic carbocycles. The lowest BCUT2D eigenvalue weighted by atomic mass is 9.88. The zero-order valence-electron chi connectivity index (χ0n) is 10.5. The summed E-state index contributed by atoms with van der Waals surface area (Å²) in [5.41, 5.74) is 1.12. The second-order valence-corrected chi connectivity index (χ2v) is 5.24. The first-order valence-corrected chi connectivity index (χ1v) is 5.83. The summed E-state index contributed by atoms with van der Waals surface area (Å²) in [5, 5.41) is 0. The summed E-state index contributed by atoms with van der Waals surface area (Å²) >= 11 is 0. The van der Waals surface area contributed by atoms with E-state index in [1.807, 2.05) is 30.3 Å². The zero-order chi connectivity index (χ0) is 12.3. The number of nitrogens with zero attached hydrogens (tertiary/aromatic N) is 1. The van der Waals surface area contributed by atoms with Gasteiger partial charge in [0.25, 0.3) is 5.90 Å². The van der Waals surface area contributed by atoms with Crippen LogP contribution in [0.5, 0.6) is 0 Å². The van der Waals surface area contributed by atoms with Gasteiger partial charge in [-0.3, -0.25) is 0 Å². The molecule has 1 aromatic rings. The summed E-state index contributed by atoms with van der Waals surface area (Å²) in [4.78, 5) is 4.50. The van der Waals surface area contributed by atoms with Crippen molar-refractivity contribution < 1.29 is 4.74 Å². The minimum atomic E-state index is 0.135. The molecule has 0 bridgehead atoms. The predicted molar refractivity (Wildman–Crippen MR) is 70.0 cm³/mol. The minimum Gasteiger partial charge on any atom is -0.469 e. The molecule has 0 fully saturated rings. The molecule has 0 saturated carbocycles. The number of hydrogen-bond acceptors (Lipinski definition) is 2. The van der Waals surface area contributed by atoms with Crippen LogP contribution >= 0.6 is 0 Å². The number of benzene rings is 1. The standard InChI is InChI=1S/C15H17NO/c1-15(2,3)13-11-17-14(16-13)10-9-12-7-5-4-6-8-12/h4-8,13H,11H2,1-3H3/t13-/m1/s1. The highest BCUT2D eigenvalue weighted by Crippen LogP contribution is 2.25. The van der Waals surface area contributed by atoms with Crippen LogP contribution in [-0.4, -0.2) is 18.5 Å². The van der Waals surface area contributed by atoms with Crippen molar-refractivity contribution in [2.45, 2.75) is 26.8 Å². The van der Waals surface area contributed by atoms with Crippen molar-refractivity contribution in [2.24, 2.45) is 10.4 Å². The highest BCUT2D eigenvalue weighted by Gasteiger charge is 2.29. The van der Waals surface area contributed by atoms with Crippen LogP contribution < -0.4 is 0 Å². The molecule has 1 heterocycles. The van der Waals surface area contributed by atoms with Gasteiger partial charge in [0.05, 0.1) is 6.04 Å². The molecule has 2 heteroatoms. The molecule has 0 amide bonds. The van der Waals surface area contributed by atoms with Crippen LogP contribution in [0.1, 0.15) is 26.3 Å². The summed E-state index contributed by atoms with van der Waals surface area (Å²) in [6.45, 7) is 7.14. The van der Waals surface area contributed by atoms with Crippen LogP contribution in [0.2, 0.25) is 0 Å². The normalized spacial score (nSPS) is 19.0. The highest BCUT2D eigenvalue weighted by molar-refractivity contribution is 5.95. The average Bonchev–Trinajstić information content (AvgIpc) is 2.76. The maximum Gasteiger partial charge on any atom is 0.264 e. The van der Waals surface area contributed by atoms with Gasteiger partial charge in [0, 0.05) is 5.56 Å². The zero-order valence-corrected chi connectivity index (χ0v) is 10.5. The van der Waals surface area contributed by atoms with Gasteiger partial charge in [0.15, 0.2) is 0 Å². The molecule has 88 valence electrons. The Balaban J connectivity index is 2.10. The van der Waals surface area contributed by atoms with E-state index in [2.05, 4.69) is 37.6 Å². The van der Waals surface area contributed by atoms with E-state index in [9.17, 15) is 0 Å². The Morgan fingerprint density at radius 1 is 1.18 bits per heavy atom. The van der Waals surface area contributed by atoms with Crippen molar-refractivity contribution in [3.63, 3.8) is 0 Å². The van der Waals surface area contributed by atoms with Gasteiger partial charge in [0.2, 0.25) is 0 Å². The molecule has 2 rings (SSSR count). The summed E-state index contributed by atoms with van der Waals surface area (Å²) in [7, 11) is 0. The third-order valence-electron chi connectivity index (χ3n) is 2.74. The second kappa shape index (κ2) is 4.63. The molecule has 0 unspecified atom stereocenters. The van der Waals surface area contributed by atoms with Gasteiger partial charge in [-0.05, 0) is 23.5 Å². The molecule has 1 aliphatic rings. The van der Waals surface area contributed by atoms with E-state index in [4.69, 9.17) is 4.74 Å². The molecular weight excluding hydrogens is 210 g/mol. The van der Waals surface area contributed by atoms with Crippen LogP contribution in [0.4, 0.5) is 0 Å². The maximum absolute atomic E-state index is 5.49. The molecule has 2 nitrogen and oxygen atoms in total. The van der Waals surface area contributed by atoms with E-state index in [-0.39, 0.29) is 11.5 Å². The second-order valence-electron chi connectivity index (χ2n) is 5.24. The fraction of sp³-hybridized carbons (Fsp3) is 0.400. The predicted octanol–water partition coefficient (Wildman–Crippen LogP) is 2.88. The topological polar surface area (TPSA) is 21.6 Å². The van der Waals surface area contributed by atoms with Crippen LogP contribution in [0.15, 0.2) is 35.3 Å². The lowest BCUT2D eigenvalue weighted by Gasteiger charge is -2.21. The number of aliphatic imine (C=N–C) groups is 1. The molecule has 0 radical (unpaired) electrons. The third-order valence-corrected chi connectivity index (χ3v) is 2.74. The van der Waals surface area contributed by atoms with Crippen molar-refractivity contribution in [3.8, 4) is 11.8 Å². The smallest absolute Gasteiger partial charge is 0.264 e. The molecule has 0 aromatic heterocycles. The lowest BCUT2D eigenvalue weighted by Crippen LogP contribution is -2.25. The Kier molecular flexibility index (Phi) is 3.19. The molecule has 1 atom stereocenters. The number of rotatable bonds is 0. The molecule has 1 aliphatic heterocycles. The van der Waals surface area contributed by atoms with E-state index in [1.165, 1.54) is 0 Å². The van der Waals surface area contributed by atoms with Gasteiger partial charge in [-0.2, -0.15) is 0 Å². The largest absolute Gasteiger partial charge is 0.469 e. The van der Waals surface area contributed by atoms with Gasteiger partial charge in [0.1, 0.15) is 6.61 Å². The van der Waals surface area contributed by atoms with Crippen LogP contribution in [0.3, 0.4) is 0 Å². The van der Waals surface area contributed by atoms with Gasteiger partial charge in [-0.25, -0.2) is 4.99 Å². The first-order valence-electron chi connectivity index (χ1n) is 5.83. The maximum atomic E-state index is 5.49. The van der Waals surface area contributed by atoms with Crippen molar-refractivity contribution in [1.29, 1.82) is 0 Å². The van der Waals surface area contributed by atoms with Crippen molar-refractivity contribution in [1.82, 2.24) is 0 Å². The van der Waals surface area contributed by atoms with Crippen molar-refractivity contribution >= 4 is 5.90 Å². The Hall–Kier alpha value is -1.75. The molecule has 17 heavy (non-hydrogen) atoms. The van der Waals surface area contributed by atoms with Gasteiger partial charge in [-0.1, -0.05) is 44.9 Å². The molecule has 1 aromatic carbocycles. The minimum absolute atomic E-state index is 0.135. The van der Waals surface area contributed by atoms with Gasteiger partial charge >= 0.3 is 0 Å². The summed E-state index contributed by atoms with van der Waals surface area (Å²) in [6.07, 6.45) is 0. The Bertz CT molecular complexity index is 471. The lowest BCUT2D eigenvalue weighted by molar-refractivity contribution is 0.236. The molecule has 0 spiro atoms. The summed E-state index contributed by atoms with van der Waals surface area (Å²) < 4.78 is 5.49. The van der Waals surface area contributed by atoms with E-state index >= 15 is 0 Å². The molecule has 0 saturated heterocycles. The van der Waals surface area contributed by atoms with E-state index < -0.39 is 0 Å². The summed E-state index contributed by atoms with van der Waals surface area (Å²) in [6, 6.07) is 10.1. The first-order chi connectivity index (χ1) is 8.05. The van der Waals surface area contributed by atoms with Crippen molar-refractivity contribution in [3.05, 3.63) is 35.9 Å². The third kappa shape index (κ3) is 3.10. The molecule has 0 N–H and O–H groups in total. The highest BCUT2D eigenvalue weighted by atomic mass is 16.5. The van der Waals surface area contributed by atoms with Crippen LogP contribution in [0.25, 0.3) is 0 Å². The first kappa shape index (κ1) is 11.7. The van der Waals surface area contributed by atoms with Crippen LogP contribution in [0, 0.1) is 17.3 Å². The quantitative estimate of drug-likeness (QED) is 0.624. The van der Waals surface area contributed by atoms with E-state index in [0.717, 1.165) is 5.56 Å². The Morgan fingerprint density at radius 3 is 2.47 bits per heavy atom. The SMILES string of the molecule is CC(C)(C)[C@H]1COC(C#Cc2ccccc2)=N1. The van der Waals surface area contributed by atoms with Crippen LogP contribution in [-0.2, 0) is 4.74 Å². The van der Waals surface area contributed by atoms with Crippen molar-refractivity contribution in [2.75, 3.05) is 6.61 Å². The number of ether oxygens (including phenoxy) is 1. The fourth-order valence-electron chi connectivity index (χ4n) is 1.53.